The fraction of sp³-hybridized carbons (Fsp3) is 0.455. The molecule has 1 atom stereocenters. The molecule has 15 heavy (non-hydrogen) atoms. The lowest BCUT2D eigenvalue weighted by atomic mass is 10.0. The van der Waals surface area contributed by atoms with Crippen LogP contribution in [-0.2, 0) is 11.3 Å². The molecule has 1 unspecified atom stereocenters. The van der Waals surface area contributed by atoms with Gasteiger partial charge in [0.1, 0.15) is 5.75 Å². The standard InChI is InChI=1S/C11H15NO3/c1-7-2-8-5-14-6-15-11(8)9(3-7)10(13)4-12/h2-3,10,13H,4-6,12H2,1H3. The van der Waals surface area contributed by atoms with Crippen molar-refractivity contribution in [3.63, 3.8) is 0 Å². The van der Waals surface area contributed by atoms with Crippen LogP contribution < -0.4 is 10.5 Å². The Morgan fingerprint density at radius 1 is 1.53 bits per heavy atom. The molecule has 0 saturated heterocycles. The second kappa shape index (κ2) is 4.18. The summed E-state index contributed by atoms with van der Waals surface area (Å²) in [7, 11) is 0. The summed E-state index contributed by atoms with van der Waals surface area (Å²) in [5.74, 6) is 0.727. The third kappa shape index (κ3) is 1.97. The van der Waals surface area contributed by atoms with E-state index in [1.54, 1.807) is 0 Å². The van der Waals surface area contributed by atoms with Gasteiger partial charge in [-0.05, 0) is 13.0 Å². The summed E-state index contributed by atoms with van der Waals surface area (Å²) in [6, 6.07) is 3.91. The van der Waals surface area contributed by atoms with Gasteiger partial charge < -0.3 is 20.3 Å². The number of benzene rings is 1. The van der Waals surface area contributed by atoms with Gasteiger partial charge >= 0.3 is 0 Å². The SMILES string of the molecule is Cc1cc2c(c(C(O)CN)c1)OCOC2. The number of ether oxygens (including phenoxy) is 2. The molecule has 1 aromatic rings. The molecule has 1 aliphatic rings. The van der Waals surface area contributed by atoms with Crippen LogP contribution in [0.25, 0.3) is 0 Å². The molecular formula is C11H15NO3. The quantitative estimate of drug-likeness (QED) is 0.758. The summed E-state index contributed by atoms with van der Waals surface area (Å²) in [5, 5.41) is 9.76. The first-order valence-electron chi connectivity index (χ1n) is 4.94. The molecule has 4 nitrogen and oxygen atoms in total. The predicted molar refractivity (Wildman–Crippen MR) is 55.5 cm³/mol. The van der Waals surface area contributed by atoms with Crippen LogP contribution in [0.3, 0.4) is 0 Å². The molecule has 1 aliphatic heterocycles. The molecule has 0 bridgehead atoms. The number of aliphatic hydroxyl groups excluding tert-OH is 1. The lowest BCUT2D eigenvalue weighted by molar-refractivity contribution is -0.0185. The van der Waals surface area contributed by atoms with Crippen molar-refractivity contribution in [1.82, 2.24) is 0 Å². The van der Waals surface area contributed by atoms with E-state index in [2.05, 4.69) is 0 Å². The topological polar surface area (TPSA) is 64.7 Å². The zero-order chi connectivity index (χ0) is 10.8. The number of rotatable bonds is 2. The molecule has 82 valence electrons. The highest BCUT2D eigenvalue weighted by atomic mass is 16.7. The summed E-state index contributed by atoms with van der Waals surface area (Å²) in [4.78, 5) is 0. The van der Waals surface area contributed by atoms with Gasteiger partial charge in [-0.2, -0.15) is 0 Å². The predicted octanol–water partition coefficient (Wildman–Crippen LogP) is 0.854. The Morgan fingerprint density at radius 3 is 3.07 bits per heavy atom. The highest BCUT2D eigenvalue weighted by Crippen LogP contribution is 2.33. The maximum absolute atomic E-state index is 9.76. The molecule has 0 spiro atoms. The van der Waals surface area contributed by atoms with Crippen molar-refractivity contribution in [3.8, 4) is 5.75 Å². The third-order valence-corrected chi connectivity index (χ3v) is 2.47. The van der Waals surface area contributed by atoms with E-state index in [0.717, 1.165) is 22.4 Å². The molecule has 0 fully saturated rings. The van der Waals surface area contributed by atoms with Crippen LogP contribution in [0.15, 0.2) is 12.1 Å². The smallest absolute Gasteiger partial charge is 0.189 e. The van der Waals surface area contributed by atoms with Gasteiger partial charge in [-0.15, -0.1) is 0 Å². The average Bonchev–Trinajstić information content (AvgIpc) is 2.26. The lowest BCUT2D eigenvalue weighted by Gasteiger charge is -2.23. The van der Waals surface area contributed by atoms with Crippen molar-refractivity contribution >= 4 is 0 Å². The number of aliphatic hydroxyl groups is 1. The Kier molecular flexibility index (Phi) is 2.90. The summed E-state index contributed by atoms with van der Waals surface area (Å²) in [5.41, 5.74) is 8.26. The van der Waals surface area contributed by atoms with Crippen LogP contribution in [0.4, 0.5) is 0 Å². The first kappa shape index (κ1) is 10.4. The third-order valence-electron chi connectivity index (χ3n) is 2.47. The lowest BCUT2D eigenvalue weighted by Crippen LogP contribution is -2.18. The van der Waals surface area contributed by atoms with Crippen molar-refractivity contribution < 1.29 is 14.6 Å². The number of hydrogen-bond acceptors (Lipinski definition) is 4. The van der Waals surface area contributed by atoms with E-state index in [4.69, 9.17) is 15.2 Å². The largest absolute Gasteiger partial charge is 0.467 e. The Hall–Kier alpha value is -1.10. The number of aryl methyl sites for hydroxylation is 1. The molecule has 2 rings (SSSR count). The Bertz CT molecular complexity index is 365. The fourth-order valence-electron chi connectivity index (χ4n) is 1.79. The molecule has 0 saturated carbocycles. The summed E-state index contributed by atoms with van der Waals surface area (Å²) in [6.07, 6.45) is -0.670. The summed E-state index contributed by atoms with van der Waals surface area (Å²) >= 11 is 0. The van der Waals surface area contributed by atoms with E-state index in [0.29, 0.717) is 6.61 Å². The van der Waals surface area contributed by atoms with Crippen LogP contribution in [-0.4, -0.2) is 18.4 Å². The first-order valence-corrected chi connectivity index (χ1v) is 4.94. The monoisotopic (exact) mass is 209 g/mol. The zero-order valence-corrected chi connectivity index (χ0v) is 8.69. The van der Waals surface area contributed by atoms with Gasteiger partial charge in [0.05, 0.1) is 12.7 Å². The summed E-state index contributed by atoms with van der Waals surface area (Å²) in [6.45, 7) is 2.93. The Balaban J connectivity index is 2.47. The van der Waals surface area contributed by atoms with Gasteiger partial charge in [-0.1, -0.05) is 11.6 Å². The van der Waals surface area contributed by atoms with Crippen molar-refractivity contribution in [1.29, 1.82) is 0 Å². The van der Waals surface area contributed by atoms with Crippen LogP contribution >= 0.6 is 0 Å². The second-order valence-electron chi connectivity index (χ2n) is 3.70. The van der Waals surface area contributed by atoms with E-state index in [9.17, 15) is 5.11 Å². The first-order chi connectivity index (χ1) is 7.22. The maximum atomic E-state index is 9.76. The van der Waals surface area contributed by atoms with Crippen LogP contribution in [0.1, 0.15) is 22.8 Å². The average molecular weight is 209 g/mol. The van der Waals surface area contributed by atoms with Crippen LogP contribution in [0, 0.1) is 6.92 Å². The van der Waals surface area contributed by atoms with Gasteiger partial charge in [-0.3, -0.25) is 0 Å². The number of hydrogen-bond donors (Lipinski definition) is 2. The minimum Gasteiger partial charge on any atom is -0.467 e. The number of fused-ring (bicyclic) bond motifs is 1. The minimum absolute atomic E-state index is 0.195. The normalized spacial score (nSPS) is 16.7. The highest BCUT2D eigenvalue weighted by molar-refractivity contribution is 5.46. The van der Waals surface area contributed by atoms with Crippen molar-refractivity contribution in [3.05, 3.63) is 28.8 Å². The maximum Gasteiger partial charge on any atom is 0.189 e. The van der Waals surface area contributed by atoms with Gasteiger partial charge in [0, 0.05) is 17.7 Å². The molecule has 4 heteroatoms. The molecule has 0 radical (unpaired) electrons. The second-order valence-corrected chi connectivity index (χ2v) is 3.70. The van der Waals surface area contributed by atoms with E-state index >= 15 is 0 Å². The molecular weight excluding hydrogens is 194 g/mol. The molecule has 1 aromatic carbocycles. The Morgan fingerprint density at radius 2 is 2.33 bits per heavy atom. The minimum atomic E-state index is -0.670. The van der Waals surface area contributed by atoms with Crippen molar-refractivity contribution in [2.75, 3.05) is 13.3 Å². The molecule has 1 heterocycles. The highest BCUT2D eigenvalue weighted by Gasteiger charge is 2.19. The van der Waals surface area contributed by atoms with Crippen LogP contribution in [0.5, 0.6) is 5.75 Å². The molecule has 0 amide bonds. The molecule has 3 N–H and O–H groups in total. The van der Waals surface area contributed by atoms with Gasteiger partial charge in [0.25, 0.3) is 0 Å². The van der Waals surface area contributed by atoms with E-state index in [1.165, 1.54) is 0 Å². The van der Waals surface area contributed by atoms with Gasteiger partial charge in [0.15, 0.2) is 6.79 Å². The Labute approximate surface area is 88.6 Å². The molecule has 0 aromatic heterocycles. The van der Waals surface area contributed by atoms with Crippen molar-refractivity contribution in [2.24, 2.45) is 5.73 Å². The molecule has 0 aliphatic carbocycles. The van der Waals surface area contributed by atoms with Crippen LogP contribution in [0.2, 0.25) is 0 Å². The van der Waals surface area contributed by atoms with E-state index in [1.807, 2.05) is 19.1 Å². The van der Waals surface area contributed by atoms with E-state index < -0.39 is 6.10 Å². The number of nitrogens with two attached hydrogens (primary N) is 1. The summed E-state index contributed by atoms with van der Waals surface area (Å²) < 4.78 is 10.6. The van der Waals surface area contributed by atoms with Gasteiger partial charge in [-0.25, -0.2) is 0 Å². The van der Waals surface area contributed by atoms with Gasteiger partial charge in [0.2, 0.25) is 0 Å². The van der Waals surface area contributed by atoms with E-state index in [-0.39, 0.29) is 13.3 Å². The zero-order valence-electron chi connectivity index (χ0n) is 8.69. The van der Waals surface area contributed by atoms with Crippen molar-refractivity contribution in [2.45, 2.75) is 19.6 Å². The fourth-order valence-corrected chi connectivity index (χ4v) is 1.79.